The minimum atomic E-state index is -4.77. The zero-order valence-corrected chi connectivity index (χ0v) is 18.3. The quantitative estimate of drug-likeness (QED) is 0.400. The van der Waals surface area contributed by atoms with Crippen LogP contribution in [0.4, 0.5) is 19.0 Å². The van der Waals surface area contributed by atoms with Crippen molar-refractivity contribution < 1.29 is 26.4 Å². The fourth-order valence-corrected chi connectivity index (χ4v) is 4.03. The van der Waals surface area contributed by atoms with Gasteiger partial charge in [-0.1, -0.05) is 30.3 Å². The van der Waals surface area contributed by atoms with Crippen LogP contribution >= 0.6 is 0 Å². The highest BCUT2D eigenvalue weighted by molar-refractivity contribution is 7.91. The van der Waals surface area contributed by atoms with Gasteiger partial charge in [-0.15, -0.1) is 0 Å². The zero-order valence-electron chi connectivity index (χ0n) is 17.5. The SMILES string of the molecule is O=C(Nc1c(-c2ccc(F)cc2)ncn1Cc1ccccc1)c1ccc(S(=O)(=O)C(F)F)cc1. The third-order valence-corrected chi connectivity index (χ3v) is 6.46. The largest absolute Gasteiger partial charge is 0.341 e. The lowest BCUT2D eigenvalue weighted by molar-refractivity contribution is 0.102. The van der Waals surface area contributed by atoms with Gasteiger partial charge in [-0.3, -0.25) is 4.79 Å². The molecule has 0 saturated carbocycles. The molecule has 174 valence electrons. The summed E-state index contributed by atoms with van der Waals surface area (Å²) in [6.07, 6.45) is 1.54. The van der Waals surface area contributed by atoms with Crippen molar-refractivity contribution in [1.82, 2.24) is 9.55 Å². The number of alkyl halides is 2. The van der Waals surface area contributed by atoms with E-state index in [1.165, 1.54) is 24.3 Å². The number of hydrogen-bond acceptors (Lipinski definition) is 4. The van der Waals surface area contributed by atoms with Gasteiger partial charge >= 0.3 is 5.76 Å². The lowest BCUT2D eigenvalue weighted by atomic mass is 10.1. The van der Waals surface area contributed by atoms with Gasteiger partial charge in [0.1, 0.15) is 17.3 Å². The number of aromatic nitrogens is 2. The van der Waals surface area contributed by atoms with Crippen LogP contribution in [0.25, 0.3) is 11.3 Å². The first-order chi connectivity index (χ1) is 16.3. The molecule has 1 heterocycles. The molecule has 6 nitrogen and oxygen atoms in total. The predicted octanol–water partition coefficient (Wildman–Crippen LogP) is 4.99. The number of anilines is 1. The van der Waals surface area contributed by atoms with Crippen LogP contribution in [-0.4, -0.2) is 29.6 Å². The van der Waals surface area contributed by atoms with Gasteiger partial charge in [-0.2, -0.15) is 8.78 Å². The number of benzene rings is 3. The van der Waals surface area contributed by atoms with Crippen LogP contribution < -0.4 is 5.32 Å². The van der Waals surface area contributed by atoms with E-state index in [1.807, 2.05) is 30.3 Å². The molecule has 0 spiro atoms. The Kier molecular flexibility index (Phi) is 6.51. The number of hydrogen-bond donors (Lipinski definition) is 1. The first-order valence-electron chi connectivity index (χ1n) is 10.0. The van der Waals surface area contributed by atoms with Crippen LogP contribution in [0.5, 0.6) is 0 Å². The van der Waals surface area contributed by atoms with Gasteiger partial charge in [0.05, 0.1) is 17.8 Å². The van der Waals surface area contributed by atoms with E-state index >= 15 is 0 Å². The molecular formula is C24H18F3N3O3S. The summed E-state index contributed by atoms with van der Waals surface area (Å²) in [4.78, 5) is 16.7. The van der Waals surface area contributed by atoms with Crippen molar-refractivity contribution in [3.8, 4) is 11.3 Å². The first-order valence-corrected chi connectivity index (χ1v) is 11.6. The highest BCUT2D eigenvalue weighted by Crippen LogP contribution is 2.28. The van der Waals surface area contributed by atoms with Crippen LogP contribution in [-0.2, 0) is 16.4 Å². The van der Waals surface area contributed by atoms with Crippen LogP contribution in [0.1, 0.15) is 15.9 Å². The number of amides is 1. The summed E-state index contributed by atoms with van der Waals surface area (Å²) in [6.45, 7) is 0.385. The lowest BCUT2D eigenvalue weighted by Gasteiger charge is -2.12. The highest BCUT2D eigenvalue weighted by atomic mass is 32.2. The van der Waals surface area contributed by atoms with Gasteiger partial charge < -0.3 is 9.88 Å². The molecule has 1 N–H and O–H groups in total. The lowest BCUT2D eigenvalue weighted by Crippen LogP contribution is -2.17. The Morgan fingerprint density at radius 2 is 1.59 bits per heavy atom. The van der Waals surface area contributed by atoms with E-state index in [9.17, 15) is 26.4 Å². The molecule has 0 aliphatic rings. The van der Waals surface area contributed by atoms with Crippen molar-refractivity contribution in [2.75, 3.05) is 5.32 Å². The Morgan fingerprint density at radius 3 is 2.21 bits per heavy atom. The second-order valence-electron chi connectivity index (χ2n) is 7.35. The molecule has 0 unspecified atom stereocenters. The summed E-state index contributed by atoms with van der Waals surface area (Å²) in [5.41, 5.74) is 1.98. The second-order valence-corrected chi connectivity index (χ2v) is 9.26. The average molecular weight is 485 g/mol. The molecule has 0 saturated heterocycles. The summed E-state index contributed by atoms with van der Waals surface area (Å²) >= 11 is 0. The normalized spacial score (nSPS) is 11.5. The van der Waals surface area contributed by atoms with Gasteiger partial charge in [-0.05, 0) is 54.1 Å². The Morgan fingerprint density at radius 1 is 0.941 bits per heavy atom. The molecule has 1 aromatic heterocycles. The molecule has 0 radical (unpaired) electrons. The van der Waals surface area contributed by atoms with Crippen molar-refractivity contribution in [2.24, 2.45) is 0 Å². The van der Waals surface area contributed by atoms with E-state index in [4.69, 9.17) is 0 Å². The summed E-state index contributed by atoms with van der Waals surface area (Å²) in [5, 5.41) is 2.76. The summed E-state index contributed by atoms with van der Waals surface area (Å²) in [5.74, 6) is -4.24. The minimum absolute atomic E-state index is 0.0609. The van der Waals surface area contributed by atoms with E-state index in [0.717, 1.165) is 29.8 Å². The van der Waals surface area contributed by atoms with Gasteiger partial charge in [0.2, 0.25) is 9.84 Å². The fraction of sp³-hybridized carbons (Fsp3) is 0.0833. The van der Waals surface area contributed by atoms with E-state index in [2.05, 4.69) is 10.3 Å². The average Bonchev–Trinajstić information content (AvgIpc) is 3.22. The second kappa shape index (κ2) is 9.52. The van der Waals surface area contributed by atoms with E-state index in [0.29, 0.717) is 23.6 Å². The van der Waals surface area contributed by atoms with Crippen LogP contribution in [0.2, 0.25) is 0 Å². The Hall–Kier alpha value is -3.92. The molecule has 0 aliphatic carbocycles. The minimum Gasteiger partial charge on any atom is -0.312 e. The molecule has 0 fully saturated rings. The number of halogens is 3. The molecule has 1 amide bonds. The van der Waals surface area contributed by atoms with Gasteiger partial charge in [-0.25, -0.2) is 17.8 Å². The number of imidazole rings is 1. The van der Waals surface area contributed by atoms with Gasteiger partial charge in [0, 0.05) is 11.1 Å². The third kappa shape index (κ3) is 4.86. The van der Waals surface area contributed by atoms with Gasteiger partial charge in [0.15, 0.2) is 0 Å². The topological polar surface area (TPSA) is 81.1 Å². The van der Waals surface area contributed by atoms with Crippen molar-refractivity contribution in [3.05, 3.63) is 102 Å². The monoisotopic (exact) mass is 485 g/mol. The molecule has 10 heteroatoms. The number of rotatable bonds is 7. The summed E-state index contributed by atoms with van der Waals surface area (Å²) < 4.78 is 63.9. The van der Waals surface area contributed by atoms with Crippen molar-refractivity contribution in [2.45, 2.75) is 17.2 Å². The Labute approximate surface area is 193 Å². The molecule has 4 aromatic rings. The Bertz CT molecular complexity index is 1400. The van der Waals surface area contributed by atoms with Crippen LogP contribution in [0, 0.1) is 5.82 Å². The maximum atomic E-state index is 13.4. The number of sulfone groups is 1. The number of carbonyl (C=O) groups excluding carboxylic acids is 1. The molecule has 0 aliphatic heterocycles. The number of carbonyl (C=O) groups is 1. The predicted molar refractivity (Wildman–Crippen MR) is 121 cm³/mol. The zero-order chi connectivity index (χ0) is 24.3. The van der Waals surface area contributed by atoms with E-state index in [-0.39, 0.29) is 5.56 Å². The van der Waals surface area contributed by atoms with E-state index in [1.54, 1.807) is 10.9 Å². The highest BCUT2D eigenvalue weighted by Gasteiger charge is 2.26. The first kappa shape index (κ1) is 23.2. The van der Waals surface area contributed by atoms with Gasteiger partial charge in [0.25, 0.3) is 5.91 Å². The van der Waals surface area contributed by atoms with Crippen molar-refractivity contribution in [3.63, 3.8) is 0 Å². The van der Waals surface area contributed by atoms with Crippen LogP contribution in [0.3, 0.4) is 0 Å². The maximum Gasteiger partial charge on any atom is 0.341 e. The maximum absolute atomic E-state index is 13.4. The molecule has 3 aromatic carbocycles. The number of nitrogens with zero attached hydrogens (tertiary/aromatic N) is 2. The molecule has 4 rings (SSSR count). The smallest absolute Gasteiger partial charge is 0.312 e. The van der Waals surface area contributed by atoms with E-state index < -0.39 is 32.2 Å². The summed E-state index contributed by atoms with van der Waals surface area (Å²) in [6, 6.07) is 19.3. The molecule has 34 heavy (non-hydrogen) atoms. The van der Waals surface area contributed by atoms with Crippen molar-refractivity contribution in [1.29, 1.82) is 0 Å². The number of nitrogens with one attached hydrogen (secondary N) is 1. The third-order valence-electron chi connectivity index (χ3n) is 5.06. The molecule has 0 bridgehead atoms. The molecular weight excluding hydrogens is 467 g/mol. The van der Waals surface area contributed by atoms with Crippen molar-refractivity contribution >= 4 is 21.6 Å². The standard InChI is InChI=1S/C24H18F3N3O3S/c25-19-10-6-17(7-11-19)21-22(30(15-28-21)14-16-4-2-1-3-5-16)29-23(31)18-8-12-20(13-9-18)34(32,33)24(26)27/h1-13,15,24H,14H2,(H,29,31). The fourth-order valence-electron chi connectivity index (χ4n) is 3.31. The molecule has 0 atom stereocenters. The van der Waals surface area contributed by atoms with Crippen LogP contribution in [0.15, 0.2) is 90.1 Å². The summed E-state index contributed by atoms with van der Waals surface area (Å²) in [7, 11) is -4.77. The Balaban J connectivity index is 1.67.